The highest BCUT2D eigenvalue weighted by Gasteiger charge is 2.12. The first kappa shape index (κ1) is 14.6. The van der Waals surface area contributed by atoms with Crippen molar-refractivity contribution < 1.29 is 18.8 Å². The zero-order valence-corrected chi connectivity index (χ0v) is 11.7. The van der Waals surface area contributed by atoms with E-state index in [1.807, 2.05) is 0 Å². The third-order valence-electron chi connectivity index (χ3n) is 2.57. The van der Waals surface area contributed by atoms with E-state index >= 15 is 0 Å². The molecule has 2 N–H and O–H groups in total. The van der Waals surface area contributed by atoms with Gasteiger partial charge >= 0.3 is 0 Å². The molecule has 2 amide bonds. The van der Waals surface area contributed by atoms with Gasteiger partial charge in [0.15, 0.2) is 5.82 Å². The van der Waals surface area contributed by atoms with Crippen molar-refractivity contribution in [3.63, 3.8) is 0 Å². The van der Waals surface area contributed by atoms with Crippen molar-refractivity contribution in [3.8, 4) is 5.75 Å². The van der Waals surface area contributed by atoms with E-state index in [0.29, 0.717) is 17.2 Å². The molecule has 2 rings (SSSR count). The lowest BCUT2D eigenvalue weighted by atomic mass is 10.3. The molecule has 0 aliphatic heterocycles. The molecule has 0 aliphatic carbocycles. The van der Waals surface area contributed by atoms with Gasteiger partial charge in [-0.1, -0.05) is 11.2 Å². The maximum atomic E-state index is 11.8. The average molecular weight is 289 g/mol. The number of hydrogen-bond acceptors (Lipinski definition) is 5. The number of ether oxygens (including phenoxy) is 1. The highest BCUT2D eigenvalue weighted by atomic mass is 16.5. The number of benzene rings is 1. The second-order valence-corrected chi connectivity index (χ2v) is 4.33. The van der Waals surface area contributed by atoms with Crippen LogP contribution in [0.3, 0.4) is 0 Å². The summed E-state index contributed by atoms with van der Waals surface area (Å²) in [6, 6.07) is 8.44. The number of nitrogens with zero attached hydrogens (tertiary/aromatic N) is 1. The van der Waals surface area contributed by atoms with Crippen LogP contribution in [-0.4, -0.2) is 24.1 Å². The van der Waals surface area contributed by atoms with Crippen LogP contribution >= 0.6 is 0 Å². The number of carbonyl (C=O) groups is 2. The fourth-order valence-corrected chi connectivity index (χ4v) is 1.66. The highest BCUT2D eigenvalue weighted by Crippen LogP contribution is 2.16. The van der Waals surface area contributed by atoms with E-state index in [0.717, 1.165) is 0 Å². The number of rotatable bonds is 5. The molecular formula is C14H15N3O4. The standard InChI is InChI=1S/C14H15N3O4/c1-9-6-12(17-21-9)16-14(19)8-13(18)15-10-4-3-5-11(7-10)20-2/h3-7H,8H2,1-2H3,(H,15,18)(H,16,17,19). The molecule has 110 valence electrons. The molecule has 1 heterocycles. The van der Waals surface area contributed by atoms with Gasteiger partial charge in [-0.05, 0) is 19.1 Å². The normalized spacial score (nSPS) is 10.0. The van der Waals surface area contributed by atoms with E-state index in [1.165, 1.54) is 7.11 Å². The summed E-state index contributed by atoms with van der Waals surface area (Å²) in [4.78, 5) is 23.4. The van der Waals surface area contributed by atoms with Crippen molar-refractivity contribution in [2.75, 3.05) is 17.7 Å². The summed E-state index contributed by atoms with van der Waals surface area (Å²) in [6.45, 7) is 1.71. The van der Waals surface area contributed by atoms with Crippen LogP contribution in [0.15, 0.2) is 34.9 Å². The Bertz CT molecular complexity index is 651. The number of carbonyl (C=O) groups excluding carboxylic acids is 2. The lowest BCUT2D eigenvalue weighted by Gasteiger charge is -2.06. The molecule has 1 aromatic carbocycles. The van der Waals surface area contributed by atoms with Gasteiger partial charge in [-0.15, -0.1) is 0 Å². The maximum Gasteiger partial charge on any atom is 0.235 e. The SMILES string of the molecule is COc1cccc(NC(=O)CC(=O)Nc2cc(C)on2)c1. The summed E-state index contributed by atoms with van der Waals surface area (Å²) in [5.74, 6) is 0.581. The van der Waals surface area contributed by atoms with E-state index in [1.54, 1.807) is 37.3 Å². The Balaban J connectivity index is 1.87. The molecule has 0 saturated carbocycles. The minimum absolute atomic E-state index is 0.284. The lowest BCUT2D eigenvalue weighted by Crippen LogP contribution is -2.21. The fourth-order valence-electron chi connectivity index (χ4n) is 1.66. The van der Waals surface area contributed by atoms with E-state index in [2.05, 4.69) is 15.8 Å². The van der Waals surface area contributed by atoms with Crippen LogP contribution in [0.5, 0.6) is 5.75 Å². The van der Waals surface area contributed by atoms with Crippen LogP contribution in [0.1, 0.15) is 12.2 Å². The predicted octanol–water partition coefficient (Wildman–Crippen LogP) is 1.96. The van der Waals surface area contributed by atoms with Gasteiger partial charge in [-0.25, -0.2) is 0 Å². The molecule has 0 unspecified atom stereocenters. The van der Waals surface area contributed by atoms with Crippen LogP contribution in [0.4, 0.5) is 11.5 Å². The number of methoxy groups -OCH3 is 1. The van der Waals surface area contributed by atoms with E-state index in [4.69, 9.17) is 9.26 Å². The first-order valence-electron chi connectivity index (χ1n) is 6.24. The lowest BCUT2D eigenvalue weighted by molar-refractivity contribution is -0.123. The number of hydrogen-bond donors (Lipinski definition) is 2. The number of amides is 2. The van der Waals surface area contributed by atoms with Gasteiger partial charge in [-0.3, -0.25) is 9.59 Å². The molecule has 0 aliphatic rings. The van der Waals surface area contributed by atoms with Crippen molar-refractivity contribution in [2.24, 2.45) is 0 Å². The first-order chi connectivity index (χ1) is 10.1. The molecule has 0 radical (unpaired) electrons. The molecule has 7 heteroatoms. The molecule has 0 bridgehead atoms. The van der Waals surface area contributed by atoms with Crippen molar-refractivity contribution in [3.05, 3.63) is 36.1 Å². The topological polar surface area (TPSA) is 93.5 Å². The minimum Gasteiger partial charge on any atom is -0.497 e. The summed E-state index contributed by atoms with van der Waals surface area (Å²) >= 11 is 0. The molecule has 0 fully saturated rings. The zero-order chi connectivity index (χ0) is 15.2. The van der Waals surface area contributed by atoms with Gasteiger partial charge in [0.2, 0.25) is 11.8 Å². The van der Waals surface area contributed by atoms with Crippen LogP contribution in [-0.2, 0) is 9.59 Å². The smallest absolute Gasteiger partial charge is 0.235 e. The molecule has 0 saturated heterocycles. The molecular weight excluding hydrogens is 274 g/mol. The van der Waals surface area contributed by atoms with Crippen LogP contribution < -0.4 is 15.4 Å². The van der Waals surface area contributed by atoms with Crippen molar-refractivity contribution >= 4 is 23.3 Å². The Kier molecular flexibility index (Phi) is 4.55. The number of aryl methyl sites for hydroxylation is 1. The predicted molar refractivity (Wildman–Crippen MR) is 76.1 cm³/mol. The molecule has 21 heavy (non-hydrogen) atoms. The van der Waals surface area contributed by atoms with E-state index < -0.39 is 11.8 Å². The molecule has 0 atom stereocenters. The van der Waals surface area contributed by atoms with Crippen LogP contribution in [0.2, 0.25) is 0 Å². The summed E-state index contributed by atoms with van der Waals surface area (Å²) < 4.78 is 9.86. The number of aromatic nitrogens is 1. The summed E-state index contributed by atoms with van der Waals surface area (Å²) in [7, 11) is 1.54. The molecule has 0 spiro atoms. The van der Waals surface area contributed by atoms with Gasteiger partial charge < -0.3 is 19.9 Å². The van der Waals surface area contributed by atoms with Gasteiger partial charge in [0, 0.05) is 17.8 Å². The second-order valence-electron chi connectivity index (χ2n) is 4.33. The second kappa shape index (κ2) is 6.56. The summed E-state index contributed by atoms with van der Waals surface area (Å²) in [6.07, 6.45) is -0.316. The fraction of sp³-hybridized carbons (Fsp3) is 0.214. The van der Waals surface area contributed by atoms with E-state index in [9.17, 15) is 9.59 Å². The molecule has 2 aromatic rings. The van der Waals surface area contributed by atoms with E-state index in [-0.39, 0.29) is 12.2 Å². The molecule has 1 aromatic heterocycles. The first-order valence-corrected chi connectivity index (χ1v) is 6.24. The van der Waals surface area contributed by atoms with Crippen LogP contribution in [0.25, 0.3) is 0 Å². The summed E-state index contributed by atoms with van der Waals surface area (Å²) in [5.41, 5.74) is 0.560. The largest absolute Gasteiger partial charge is 0.497 e. The highest BCUT2D eigenvalue weighted by molar-refractivity contribution is 6.07. The Hall–Kier alpha value is -2.83. The summed E-state index contributed by atoms with van der Waals surface area (Å²) in [5, 5.41) is 8.70. The van der Waals surface area contributed by atoms with Gasteiger partial charge in [-0.2, -0.15) is 0 Å². The van der Waals surface area contributed by atoms with Crippen LogP contribution in [0, 0.1) is 6.92 Å². The zero-order valence-electron chi connectivity index (χ0n) is 11.7. The third kappa shape index (κ3) is 4.34. The van der Waals surface area contributed by atoms with Gasteiger partial charge in [0.25, 0.3) is 0 Å². The Labute approximate surface area is 121 Å². The number of nitrogens with one attached hydrogen (secondary N) is 2. The molecule has 7 nitrogen and oxygen atoms in total. The van der Waals surface area contributed by atoms with Crippen molar-refractivity contribution in [2.45, 2.75) is 13.3 Å². The number of anilines is 2. The van der Waals surface area contributed by atoms with Crippen molar-refractivity contribution in [1.29, 1.82) is 0 Å². The Morgan fingerprint density at radius 3 is 2.67 bits per heavy atom. The maximum absolute atomic E-state index is 11.8. The van der Waals surface area contributed by atoms with Gasteiger partial charge in [0.05, 0.1) is 7.11 Å². The van der Waals surface area contributed by atoms with Gasteiger partial charge in [0.1, 0.15) is 17.9 Å². The monoisotopic (exact) mass is 289 g/mol. The minimum atomic E-state index is -0.469. The quantitative estimate of drug-likeness (QED) is 0.821. The van der Waals surface area contributed by atoms with Crippen molar-refractivity contribution in [1.82, 2.24) is 5.16 Å². The Morgan fingerprint density at radius 2 is 2.00 bits per heavy atom. The third-order valence-corrected chi connectivity index (χ3v) is 2.57. The Morgan fingerprint density at radius 1 is 1.24 bits per heavy atom. The average Bonchev–Trinajstić information content (AvgIpc) is 2.83.